The molecule has 22 heavy (non-hydrogen) atoms. The minimum absolute atomic E-state index is 0.0564. The van der Waals surface area contributed by atoms with E-state index in [4.69, 9.17) is 16.3 Å². The summed E-state index contributed by atoms with van der Waals surface area (Å²) in [5.41, 5.74) is 0. The van der Waals surface area contributed by atoms with Gasteiger partial charge in [0.05, 0.1) is 0 Å². The number of ether oxygens (including phenoxy) is 1. The zero-order valence-corrected chi connectivity index (χ0v) is 13.8. The fourth-order valence-corrected chi connectivity index (χ4v) is 3.50. The molecule has 0 radical (unpaired) electrons. The van der Waals surface area contributed by atoms with Crippen molar-refractivity contribution in [3.8, 4) is 5.75 Å². The van der Waals surface area contributed by atoms with Crippen LogP contribution in [-0.4, -0.2) is 54.0 Å². The van der Waals surface area contributed by atoms with E-state index in [-0.39, 0.29) is 12.5 Å². The maximum absolute atomic E-state index is 12.1. The van der Waals surface area contributed by atoms with Crippen LogP contribution in [0.25, 0.3) is 0 Å². The molecular weight excluding hydrogens is 300 g/mol. The van der Waals surface area contributed by atoms with Gasteiger partial charge in [-0.3, -0.25) is 9.69 Å². The highest BCUT2D eigenvalue weighted by Crippen LogP contribution is 2.24. The molecule has 1 amide bonds. The number of hydrogen-bond donors (Lipinski definition) is 0. The van der Waals surface area contributed by atoms with Crippen LogP contribution >= 0.6 is 11.6 Å². The molecule has 0 unspecified atom stereocenters. The summed E-state index contributed by atoms with van der Waals surface area (Å²) >= 11 is 5.90. The number of halogens is 1. The Morgan fingerprint density at radius 1 is 1.36 bits per heavy atom. The van der Waals surface area contributed by atoms with E-state index in [2.05, 4.69) is 11.8 Å². The van der Waals surface area contributed by atoms with Crippen molar-refractivity contribution >= 4 is 17.5 Å². The number of rotatable bonds is 4. The Balaban J connectivity index is 1.43. The SMILES string of the molecule is C[C@H]1CCCCN1C1CN(C(=O)COc2cccc(Cl)c2)C1. The number of hydrogen-bond acceptors (Lipinski definition) is 3. The van der Waals surface area contributed by atoms with Gasteiger partial charge in [0.1, 0.15) is 5.75 Å². The molecule has 3 rings (SSSR count). The van der Waals surface area contributed by atoms with Crippen molar-refractivity contribution in [2.45, 2.75) is 38.3 Å². The van der Waals surface area contributed by atoms with E-state index in [1.165, 1.54) is 25.8 Å². The maximum Gasteiger partial charge on any atom is 0.260 e. The first-order valence-corrected chi connectivity index (χ1v) is 8.43. The van der Waals surface area contributed by atoms with E-state index >= 15 is 0 Å². The molecule has 0 N–H and O–H groups in total. The monoisotopic (exact) mass is 322 g/mol. The highest BCUT2D eigenvalue weighted by atomic mass is 35.5. The predicted molar refractivity (Wildman–Crippen MR) is 87.3 cm³/mol. The van der Waals surface area contributed by atoms with Crippen LogP contribution in [-0.2, 0) is 4.79 Å². The lowest BCUT2D eigenvalue weighted by Gasteiger charge is -2.49. The quantitative estimate of drug-likeness (QED) is 0.854. The lowest BCUT2D eigenvalue weighted by molar-refractivity contribution is -0.142. The first-order valence-electron chi connectivity index (χ1n) is 8.05. The lowest BCUT2D eigenvalue weighted by atomic mass is 9.97. The second-order valence-corrected chi connectivity index (χ2v) is 6.72. The zero-order valence-electron chi connectivity index (χ0n) is 13.0. The fraction of sp³-hybridized carbons (Fsp3) is 0.588. The number of amides is 1. The summed E-state index contributed by atoms with van der Waals surface area (Å²) in [7, 11) is 0. The number of piperidine rings is 1. The minimum Gasteiger partial charge on any atom is -0.484 e. The van der Waals surface area contributed by atoms with Crippen LogP contribution in [0.4, 0.5) is 0 Å². The van der Waals surface area contributed by atoms with Gasteiger partial charge in [0.15, 0.2) is 6.61 Å². The molecule has 0 saturated carbocycles. The van der Waals surface area contributed by atoms with E-state index in [9.17, 15) is 4.79 Å². The molecule has 1 atom stereocenters. The zero-order chi connectivity index (χ0) is 15.5. The van der Waals surface area contributed by atoms with Crippen molar-refractivity contribution in [1.29, 1.82) is 0 Å². The minimum atomic E-state index is 0.0564. The third kappa shape index (κ3) is 3.55. The Labute approximate surface area is 137 Å². The van der Waals surface area contributed by atoms with E-state index in [0.29, 0.717) is 22.9 Å². The number of nitrogens with zero attached hydrogens (tertiary/aromatic N) is 2. The average Bonchev–Trinajstić information content (AvgIpc) is 2.46. The van der Waals surface area contributed by atoms with E-state index in [1.807, 2.05) is 17.0 Å². The molecule has 1 aromatic carbocycles. The van der Waals surface area contributed by atoms with Crippen molar-refractivity contribution in [3.63, 3.8) is 0 Å². The summed E-state index contributed by atoms with van der Waals surface area (Å²) in [6.07, 6.45) is 3.90. The largest absolute Gasteiger partial charge is 0.484 e. The molecule has 2 heterocycles. The Kier molecular flexibility index (Phi) is 4.89. The summed E-state index contributed by atoms with van der Waals surface area (Å²) in [5, 5.41) is 0.619. The highest BCUT2D eigenvalue weighted by molar-refractivity contribution is 6.30. The van der Waals surface area contributed by atoms with Gasteiger partial charge in [0, 0.05) is 30.2 Å². The predicted octanol–water partition coefficient (Wildman–Crippen LogP) is 2.80. The first kappa shape index (κ1) is 15.6. The molecule has 0 aliphatic carbocycles. The van der Waals surface area contributed by atoms with Crippen molar-refractivity contribution in [3.05, 3.63) is 29.3 Å². The summed E-state index contributed by atoms with van der Waals surface area (Å²) < 4.78 is 5.52. The standard InChI is InChI=1S/C17H23ClN2O2/c1-13-5-2-3-8-20(13)15-10-19(11-15)17(21)12-22-16-7-4-6-14(18)9-16/h4,6-7,9,13,15H,2-3,5,8,10-12H2,1H3/t13-/m0/s1. The summed E-state index contributed by atoms with van der Waals surface area (Å²) in [5.74, 6) is 0.698. The molecule has 2 aliphatic heterocycles. The average molecular weight is 323 g/mol. The summed E-state index contributed by atoms with van der Waals surface area (Å²) in [6.45, 7) is 5.23. The van der Waals surface area contributed by atoms with Gasteiger partial charge in [-0.1, -0.05) is 24.1 Å². The molecule has 4 nitrogen and oxygen atoms in total. The fourth-order valence-electron chi connectivity index (χ4n) is 3.32. The van der Waals surface area contributed by atoms with Gasteiger partial charge in [-0.25, -0.2) is 0 Å². The topological polar surface area (TPSA) is 32.8 Å². The Hall–Kier alpha value is -1.26. The molecule has 1 aromatic rings. The van der Waals surface area contributed by atoms with Gasteiger partial charge < -0.3 is 9.64 Å². The van der Waals surface area contributed by atoms with Gasteiger partial charge in [-0.05, 0) is 44.5 Å². The number of carbonyl (C=O) groups excluding carboxylic acids is 1. The van der Waals surface area contributed by atoms with Gasteiger partial charge in [-0.15, -0.1) is 0 Å². The normalized spacial score (nSPS) is 23.2. The van der Waals surface area contributed by atoms with Crippen molar-refractivity contribution in [2.75, 3.05) is 26.2 Å². The molecule has 0 bridgehead atoms. The Morgan fingerprint density at radius 3 is 2.91 bits per heavy atom. The van der Waals surface area contributed by atoms with Crippen LogP contribution in [0.1, 0.15) is 26.2 Å². The Bertz CT molecular complexity index is 531. The molecular formula is C17H23ClN2O2. The van der Waals surface area contributed by atoms with Crippen molar-refractivity contribution < 1.29 is 9.53 Å². The van der Waals surface area contributed by atoms with Crippen LogP contribution in [0.3, 0.4) is 0 Å². The van der Waals surface area contributed by atoms with E-state index in [0.717, 1.165) is 13.1 Å². The second-order valence-electron chi connectivity index (χ2n) is 6.28. The van der Waals surface area contributed by atoms with Crippen molar-refractivity contribution in [1.82, 2.24) is 9.80 Å². The third-order valence-corrected chi connectivity index (χ3v) is 4.93. The summed E-state index contributed by atoms with van der Waals surface area (Å²) in [6, 6.07) is 8.33. The first-order chi connectivity index (χ1) is 10.6. The van der Waals surface area contributed by atoms with Crippen molar-refractivity contribution in [2.24, 2.45) is 0 Å². The number of likely N-dealkylation sites (tertiary alicyclic amines) is 2. The smallest absolute Gasteiger partial charge is 0.260 e. The molecule has 5 heteroatoms. The van der Waals surface area contributed by atoms with Gasteiger partial charge in [0.2, 0.25) is 0 Å². The number of carbonyl (C=O) groups is 1. The maximum atomic E-state index is 12.1. The van der Waals surface area contributed by atoms with Crippen LogP contribution in [0.5, 0.6) is 5.75 Å². The highest BCUT2D eigenvalue weighted by Gasteiger charge is 2.37. The molecule has 120 valence electrons. The third-order valence-electron chi connectivity index (χ3n) is 4.70. The molecule has 0 aromatic heterocycles. The van der Waals surface area contributed by atoms with Crippen LogP contribution in [0.15, 0.2) is 24.3 Å². The van der Waals surface area contributed by atoms with E-state index in [1.54, 1.807) is 12.1 Å². The van der Waals surface area contributed by atoms with Gasteiger partial charge in [0.25, 0.3) is 5.91 Å². The Morgan fingerprint density at radius 2 is 2.18 bits per heavy atom. The number of benzene rings is 1. The van der Waals surface area contributed by atoms with Crippen LogP contribution < -0.4 is 4.74 Å². The lowest BCUT2D eigenvalue weighted by Crippen LogP contribution is -2.64. The van der Waals surface area contributed by atoms with Gasteiger partial charge >= 0.3 is 0 Å². The molecule has 2 aliphatic rings. The van der Waals surface area contributed by atoms with Gasteiger partial charge in [-0.2, -0.15) is 0 Å². The summed E-state index contributed by atoms with van der Waals surface area (Å²) in [4.78, 5) is 16.6. The van der Waals surface area contributed by atoms with Crippen LogP contribution in [0.2, 0.25) is 5.02 Å². The second kappa shape index (κ2) is 6.88. The van der Waals surface area contributed by atoms with Crippen LogP contribution in [0, 0.1) is 0 Å². The molecule has 2 fully saturated rings. The molecule has 2 saturated heterocycles. The van der Waals surface area contributed by atoms with E-state index < -0.39 is 0 Å². The molecule has 0 spiro atoms.